The van der Waals surface area contributed by atoms with Crippen LogP contribution >= 0.6 is 0 Å². The van der Waals surface area contributed by atoms with E-state index in [2.05, 4.69) is 67.6 Å². The van der Waals surface area contributed by atoms with E-state index in [1.807, 2.05) is 6.07 Å². The van der Waals surface area contributed by atoms with Crippen molar-refractivity contribution in [1.82, 2.24) is 0 Å². The molecule has 0 bridgehead atoms. The minimum Gasteiger partial charge on any atom is -0.0848 e. The average molecular weight is 198 g/mol. The smallest absolute Gasteiger partial charge is 0.0163 e. The second-order valence-corrected chi connectivity index (χ2v) is 3.31. The van der Waals surface area contributed by atoms with E-state index in [1.54, 1.807) is 0 Å². The molecular weight excluding hydrogens is 180 g/mol. The van der Waals surface area contributed by atoms with Crippen LogP contribution in [0, 0.1) is 0 Å². The SMILES string of the molecule is CC/C=C\C=C/C/C=C/c1ccccc1. The second kappa shape index (κ2) is 7.81. The molecule has 0 amide bonds. The van der Waals surface area contributed by atoms with E-state index in [0.717, 1.165) is 12.8 Å². The van der Waals surface area contributed by atoms with Gasteiger partial charge < -0.3 is 0 Å². The van der Waals surface area contributed by atoms with Crippen LogP contribution < -0.4 is 0 Å². The molecule has 0 saturated carbocycles. The minimum atomic E-state index is 0.989. The van der Waals surface area contributed by atoms with Crippen molar-refractivity contribution < 1.29 is 0 Å². The van der Waals surface area contributed by atoms with Crippen LogP contribution in [0.25, 0.3) is 6.08 Å². The van der Waals surface area contributed by atoms with Gasteiger partial charge in [-0.3, -0.25) is 0 Å². The normalized spacial score (nSPS) is 12.1. The van der Waals surface area contributed by atoms with Gasteiger partial charge in [-0.2, -0.15) is 0 Å². The predicted molar refractivity (Wildman–Crippen MR) is 68.7 cm³/mol. The first-order chi connectivity index (χ1) is 7.43. The lowest BCUT2D eigenvalue weighted by Crippen LogP contribution is -1.67. The lowest BCUT2D eigenvalue weighted by atomic mass is 10.2. The van der Waals surface area contributed by atoms with Gasteiger partial charge in [0.15, 0.2) is 0 Å². The summed E-state index contributed by atoms with van der Waals surface area (Å²) >= 11 is 0. The summed E-state index contributed by atoms with van der Waals surface area (Å²) in [6.45, 7) is 2.14. The Bertz CT molecular complexity index is 328. The van der Waals surface area contributed by atoms with Gasteiger partial charge in [0, 0.05) is 0 Å². The summed E-state index contributed by atoms with van der Waals surface area (Å²) in [6, 6.07) is 10.4. The van der Waals surface area contributed by atoms with Gasteiger partial charge in [-0.25, -0.2) is 0 Å². The van der Waals surface area contributed by atoms with Crippen LogP contribution in [0.15, 0.2) is 60.7 Å². The van der Waals surface area contributed by atoms with Crippen LogP contribution in [0.4, 0.5) is 0 Å². The van der Waals surface area contributed by atoms with Gasteiger partial charge in [0.2, 0.25) is 0 Å². The van der Waals surface area contributed by atoms with Gasteiger partial charge >= 0.3 is 0 Å². The quantitative estimate of drug-likeness (QED) is 0.606. The van der Waals surface area contributed by atoms with Gasteiger partial charge in [-0.1, -0.05) is 73.7 Å². The topological polar surface area (TPSA) is 0 Å². The highest BCUT2D eigenvalue weighted by Crippen LogP contribution is 2.01. The Labute approximate surface area is 92.6 Å². The summed E-state index contributed by atoms with van der Waals surface area (Å²) in [5, 5.41) is 0. The van der Waals surface area contributed by atoms with E-state index in [9.17, 15) is 0 Å². The van der Waals surface area contributed by atoms with E-state index in [0.29, 0.717) is 0 Å². The van der Waals surface area contributed by atoms with Crippen LogP contribution in [-0.2, 0) is 0 Å². The Morgan fingerprint density at radius 2 is 1.67 bits per heavy atom. The number of hydrogen-bond acceptors (Lipinski definition) is 0. The van der Waals surface area contributed by atoms with Crippen molar-refractivity contribution in [2.75, 3.05) is 0 Å². The largest absolute Gasteiger partial charge is 0.0848 e. The minimum absolute atomic E-state index is 0.989. The zero-order valence-electron chi connectivity index (χ0n) is 9.27. The van der Waals surface area contributed by atoms with Crippen molar-refractivity contribution in [2.24, 2.45) is 0 Å². The molecule has 0 heteroatoms. The first-order valence-electron chi connectivity index (χ1n) is 5.46. The van der Waals surface area contributed by atoms with Crippen molar-refractivity contribution >= 4 is 6.08 Å². The fourth-order valence-electron chi connectivity index (χ4n) is 1.22. The third-order valence-electron chi connectivity index (χ3n) is 2.00. The molecule has 0 aliphatic heterocycles. The lowest BCUT2D eigenvalue weighted by molar-refractivity contribution is 1.22. The molecule has 0 N–H and O–H groups in total. The predicted octanol–water partition coefficient (Wildman–Crippen LogP) is 4.61. The van der Waals surface area contributed by atoms with E-state index >= 15 is 0 Å². The summed E-state index contributed by atoms with van der Waals surface area (Å²) in [5.41, 5.74) is 1.26. The third-order valence-corrected chi connectivity index (χ3v) is 2.00. The number of hydrogen-bond donors (Lipinski definition) is 0. The first kappa shape index (κ1) is 11.5. The number of rotatable bonds is 5. The van der Waals surface area contributed by atoms with Crippen molar-refractivity contribution in [3.05, 3.63) is 66.3 Å². The average Bonchev–Trinajstić information content (AvgIpc) is 2.29. The van der Waals surface area contributed by atoms with Crippen molar-refractivity contribution in [2.45, 2.75) is 19.8 Å². The fourth-order valence-corrected chi connectivity index (χ4v) is 1.22. The Hall–Kier alpha value is -1.56. The molecule has 0 radical (unpaired) electrons. The summed E-state index contributed by atoms with van der Waals surface area (Å²) < 4.78 is 0. The Morgan fingerprint density at radius 3 is 2.40 bits per heavy atom. The molecule has 0 atom stereocenters. The molecule has 0 unspecified atom stereocenters. The van der Waals surface area contributed by atoms with Gasteiger partial charge in [0.1, 0.15) is 0 Å². The summed E-state index contributed by atoms with van der Waals surface area (Å²) in [6.07, 6.45) is 14.9. The fraction of sp³-hybridized carbons (Fsp3) is 0.200. The number of benzene rings is 1. The molecular formula is C15H18. The van der Waals surface area contributed by atoms with E-state index in [4.69, 9.17) is 0 Å². The first-order valence-corrected chi connectivity index (χ1v) is 5.46. The maximum absolute atomic E-state index is 2.17. The molecule has 1 rings (SSSR count). The van der Waals surface area contributed by atoms with Crippen molar-refractivity contribution in [1.29, 1.82) is 0 Å². The molecule has 0 fully saturated rings. The zero-order valence-corrected chi connectivity index (χ0v) is 9.27. The molecule has 0 spiro atoms. The molecule has 0 nitrogen and oxygen atoms in total. The molecule has 15 heavy (non-hydrogen) atoms. The molecule has 0 aliphatic rings. The summed E-state index contributed by atoms with van der Waals surface area (Å²) in [7, 11) is 0. The molecule has 1 aromatic carbocycles. The summed E-state index contributed by atoms with van der Waals surface area (Å²) in [5.74, 6) is 0. The van der Waals surface area contributed by atoms with Gasteiger partial charge in [0.25, 0.3) is 0 Å². The van der Waals surface area contributed by atoms with E-state index < -0.39 is 0 Å². The molecule has 0 aliphatic carbocycles. The highest BCUT2D eigenvalue weighted by molar-refractivity contribution is 5.48. The van der Waals surface area contributed by atoms with Crippen LogP contribution in [-0.4, -0.2) is 0 Å². The lowest BCUT2D eigenvalue weighted by Gasteiger charge is -1.89. The second-order valence-electron chi connectivity index (χ2n) is 3.31. The van der Waals surface area contributed by atoms with Crippen LogP contribution in [0.5, 0.6) is 0 Å². The molecule has 1 aromatic rings. The third kappa shape index (κ3) is 5.69. The van der Waals surface area contributed by atoms with Crippen molar-refractivity contribution in [3.8, 4) is 0 Å². The standard InChI is InChI=1S/C15H18/c1-2-3-4-5-6-7-9-12-15-13-10-8-11-14-15/h3-6,8-14H,2,7H2,1H3/b4-3-,6-5-,12-9+. The Balaban J connectivity index is 2.29. The molecule has 78 valence electrons. The zero-order chi connectivity index (χ0) is 10.8. The molecule has 0 aromatic heterocycles. The van der Waals surface area contributed by atoms with Gasteiger partial charge in [-0.05, 0) is 18.4 Å². The van der Waals surface area contributed by atoms with Crippen molar-refractivity contribution in [3.63, 3.8) is 0 Å². The molecule has 0 heterocycles. The van der Waals surface area contributed by atoms with Gasteiger partial charge in [0.05, 0.1) is 0 Å². The summed E-state index contributed by atoms with van der Waals surface area (Å²) in [4.78, 5) is 0. The van der Waals surface area contributed by atoms with Crippen LogP contribution in [0.3, 0.4) is 0 Å². The van der Waals surface area contributed by atoms with Gasteiger partial charge in [-0.15, -0.1) is 0 Å². The van der Waals surface area contributed by atoms with Crippen LogP contribution in [0.1, 0.15) is 25.3 Å². The van der Waals surface area contributed by atoms with E-state index in [-0.39, 0.29) is 0 Å². The van der Waals surface area contributed by atoms with E-state index in [1.165, 1.54) is 5.56 Å². The highest BCUT2D eigenvalue weighted by Gasteiger charge is 1.80. The highest BCUT2D eigenvalue weighted by atomic mass is 13.9. The number of allylic oxidation sites excluding steroid dienone is 5. The maximum atomic E-state index is 2.17. The Morgan fingerprint density at radius 1 is 0.933 bits per heavy atom. The Kier molecular flexibility index (Phi) is 5.99. The van der Waals surface area contributed by atoms with Crippen LogP contribution in [0.2, 0.25) is 0 Å². The molecule has 0 saturated heterocycles. The monoisotopic (exact) mass is 198 g/mol. The maximum Gasteiger partial charge on any atom is -0.0163 e.